The van der Waals surface area contributed by atoms with Crippen LogP contribution in [0, 0.1) is 11.3 Å². The van der Waals surface area contributed by atoms with Gasteiger partial charge in [0.15, 0.2) is 0 Å². The van der Waals surface area contributed by atoms with Gasteiger partial charge >= 0.3 is 0 Å². The molecule has 35 heavy (non-hydrogen) atoms. The predicted molar refractivity (Wildman–Crippen MR) is 127 cm³/mol. The van der Waals surface area contributed by atoms with Crippen LogP contribution >= 0.6 is 11.6 Å². The lowest BCUT2D eigenvalue weighted by Gasteiger charge is -2.34. The molecule has 5 rings (SSSR count). The number of halogens is 2. The van der Waals surface area contributed by atoms with Crippen molar-refractivity contribution in [3.8, 4) is 6.07 Å². The summed E-state index contributed by atoms with van der Waals surface area (Å²) in [5.41, 5.74) is -0.342. The van der Waals surface area contributed by atoms with Crippen LogP contribution in [0.2, 0.25) is 5.02 Å². The molecule has 7 nitrogen and oxygen atoms in total. The molecule has 3 heterocycles. The molecule has 1 saturated heterocycles. The largest absolute Gasteiger partial charge is 0.325 e. The first-order valence-corrected chi connectivity index (χ1v) is 11.8. The Morgan fingerprint density at radius 1 is 1.31 bits per heavy atom. The van der Waals surface area contributed by atoms with E-state index in [0.29, 0.717) is 21.8 Å². The second-order valence-electron chi connectivity index (χ2n) is 10.1. The minimum absolute atomic E-state index is 0.0169. The molecule has 1 N–H and O–H groups in total. The third-order valence-corrected chi connectivity index (χ3v) is 7.39. The minimum atomic E-state index is -1.76. The molecule has 0 radical (unpaired) electrons. The first kappa shape index (κ1) is 23.3. The molecule has 1 spiro atoms. The van der Waals surface area contributed by atoms with Gasteiger partial charge in [-0.1, -0.05) is 29.8 Å². The molecule has 0 bridgehead atoms. The number of amides is 3. The van der Waals surface area contributed by atoms with Crippen LogP contribution in [0.5, 0.6) is 0 Å². The van der Waals surface area contributed by atoms with Crippen LogP contribution in [0.4, 0.5) is 10.1 Å². The number of hydrogen-bond donors (Lipinski definition) is 1. The molecule has 3 amide bonds. The van der Waals surface area contributed by atoms with Gasteiger partial charge < -0.3 is 15.1 Å². The summed E-state index contributed by atoms with van der Waals surface area (Å²) in [5, 5.41) is 13.2. The molecule has 9 heteroatoms. The Labute approximate surface area is 207 Å². The summed E-state index contributed by atoms with van der Waals surface area (Å²) in [6.07, 6.45) is -0.114. The number of fused-ring (bicyclic) bond motifs is 3. The number of likely N-dealkylation sites (tertiary alicyclic amines) is 1. The molecular formula is C26H24ClFN4O3. The Balaban J connectivity index is 1.50. The summed E-state index contributed by atoms with van der Waals surface area (Å²) in [4.78, 5) is 43.0. The zero-order valence-electron chi connectivity index (χ0n) is 19.3. The molecular weight excluding hydrogens is 471 g/mol. The van der Waals surface area contributed by atoms with Crippen molar-refractivity contribution in [3.05, 3.63) is 64.2 Å². The molecule has 0 aliphatic carbocycles. The summed E-state index contributed by atoms with van der Waals surface area (Å²) in [5.74, 6) is -1.19. The zero-order chi connectivity index (χ0) is 25.1. The number of benzene rings is 2. The average Bonchev–Trinajstić information content (AvgIpc) is 3.44. The number of carbonyl (C=O) groups excluding carboxylic acids is 3. The first-order valence-electron chi connectivity index (χ1n) is 11.4. The monoisotopic (exact) mass is 494 g/mol. The second kappa shape index (κ2) is 8.06. The summed E-state index contributed by atoms with van der Waals surface area (Å²) >= 11 is 6.09. The number of nitrogens with one attached hydrogen (secondary N) is 1. The van der Waals surface area contributed by atoms with E-state index >= 15 is 0 Å². The highest BCUT2D eigenvalue weighted by Crippen LogP contribution is 2.46. The van der Waals surface area contributed by atoms with Gasteiger partial charge in [0.25, 0.3) is 5.91 Å². The van der Waals surface area contributed by atoms with Crippen LogP contribution < -0.4 is 5.32 Å². The highest BCUT2D eigenvalue weighted by atomic mass is 35.5. The Kier molecular flexibility index (Phi) is 5.37. The van der Waals surface area contributed by atoms with Crippen LogP contribution in [0.25, 0.3) is 0 Å². The standard InChI is InChI=1S/C26H24ClFN4O3/c1-25(2,28)11-21(31-13-15-9-16(27)7-8-18(15)22(31)33)23(34)32-14-26(10-17(32)12-29)19-5-3-4-6-20(19)30-24(26)35/h3-9,17,21H,10-11,13-14H2,1-2H3,(H,30,35)/t17-,21-,26-/m0/s1. The fourth-order valence-corrected chi connectivity index (χ4v) is 5.73. The minimum Gasteiger partial charge on any atom is -0.325 e. The second-order valence-corrected chi connectivity index (χ2v) is 10.5. The van der Waals surface area contributed by atoms with E-state index in [4.69, 9.17) is 11.6 Å². The van der Waals surface area contributed by atoms with Crippen molar-refractivity contribution in [2.75, 3.05) is 11.9 Å². The number of carbonyl (C=O) groups is 3. The van der Waals surface area contributed by atoms with E-state index in [0.717, 1.165) is 5.56 Å². The van der Waals surface area contributed by atoms with Crippen LogP contribution in [-0.2, 0) is 21.5 Å². The highest BCUT2D eigenvalue weighted by Gasteiger charge is 2.57. The third kappa shape index (κ3) is 3.75. The fourth-order valence-electron chi connectivity index (χ4n) is 5.53. The van der Waals surface area contributed by atoms with Crippen molar-refractivity contribution < 1.29 is 18.8 Å². The lowest BCUT2D eigenvalue weighted by molar-refractivity contribution is -0.138. The Morgan fingerprint density at radius 3 is 2.77 bits per heavy atom. The Hall–Kier alpha value is -3.44. The van der Waals surface area contributed by atoms with E-state index in [1.165, 1.54) is 23.6 Å². The van der Waals surface area contributed by atoms with Gasteiger partial charge in [-0.3, -0.25) is 14.4 Å². The normalized spacial score (nSPS) is 23.8. The van der Waals surface area contributed by atoms with Crippen molar-refractivity contribution in [2.45, 2.75) is 56.4 Å². The molecule has 0 saturated carbocycles. The van der Waals surface area contributed by atoms with E-state index in [2.05, 4.69) is 11.4 Å². The van der Waals surface area contributed by atoms with E-state index in [1.807, 2.05) is 12.1 Å². The van der Waals surface area contributed by atoms with Gasteiger partial charge in [-0.25, -0.2) is 4.39 Å². The smallest absolute Gasteiger partial charge is 0.255 e. The van der Waals surface area contributed by atoms with Crippen LogP contribution in [0.1, 0.15) is 48.2 Å². The zero-order valence-corrected chi connectivity index (χ0v) is 20.1. The topological polar surface area (TPSA) is 93.5 Å². The maximum Gasteiger partial charge on any atom is 0.255 e. The van der Waals surface area contributed by atoms with Gasteiger partial charge in [0.05, 0.1) is 11.5 Å². The molecule has 2 aromatic carbocycles. The van der Waals surface area contributed by atoms with E-state index in [-0.39, 0.29) is 37.7 Å². The first-order chi connectivity index (χ1) is 16.5. The number of rotatable bonds is 4. The van der Waals surface area contributed by atoms with Gasteiger partial charge in [-0.2, -0.15) is 5.26 Å². The summed E-state index contributed by atoms with van der Waals surface area (Å²) in [6, 6.07) is 12.2. The molecule has 180 valence electrons. The van der Waals surface area contributed by atoms with Crippen molar-refractivity contribution >= 4 is 35.0 Å². The average molecular weight is 495 g/mol. The molecule has 0 unspecified atom stereocenters. The molecule has 3 aliphatic heterocycles. The highest BCUT2D eigenvalue weighted by molar-refractivity contribution is 6.30. The van der Waals surface area contributed by atoms with Gasteiger partial charge in [-0.05, 0) is 49.2 Å². The summed E-state index contributed by atoms with van der Waals surface area (Å²) < 4.78 is 14.9. The maximum atomic E-state index is 14.9. The molecule has 3 aliphatic rings. The van der Waals surface area contributed by atoms with Gasteiger partial charge in [0.1, 0.15) is 17.8 Å². The van der Waals surface area contributed by atoms with E-state index in [9.17, 15) is 24.0 Å². The van der Waals surface area contributed by atoms with Crippen molar-refractivity contribution in [2.24, 2.45) is 0 Å². The fraction of sp³-hybridized carbons (Fsp3) is 0.385. The third-order valence-electron chi connectivity index (χ3n) is 7.16. The van der Waals surface area contributed by atoms with Crippen molar-refractivity contribution in [1.29, 1.82) is 5.26 Å². The number of nitriles is 1. The summed E-state index contributed by atoms with van der Waals surface area (Å²) in [6.45, 7) is 2.80. The van der Waals surface area contributed by atoms with Crippen LogP contribution in [0.15, 0.2) is 42.5 Å². The van der Waals surface area contributed by atoms with Crippen LogP contribution in [-0.4, -0.2) is 51.8 Å². The Bertz CT molecular complexity index is 1300. The number of alkyl halides is 1. The van der Waals surface area contributed by atoms with Gasteiger partial charge in [0, 0.05) is 42.2 Å². The van der Waals surface area contributed by atoms with Gasteiger partial charge in [-0.15, -0.1) is 0 Å². The molecule has 2 aromatic rings. The number of hydrogen-bond acceptors (Lipinski definition) is 4. The summed E-state index contributed by atoms with van der Waals surface area (Å²) in [7, 11) is 0. The molecule has 3 atom stereocenters. The lowest BCUT2D eigenvalue weighted by Crippen LogP contribution is -2.52. The molecule has 1 fully saturated rings. The SMILES string of the molecule is CC(C)(F)C[C@@H](C(=O)N1C[C@]2(C[C@H]1C#N)C(=O)Nc1ccccc12)N1Cc2cc(Cl)ccc2C1=O. The number of anilines is 1. The number of nitrogens with zero attached hydrogens (tertiary/aromatic N) is 3. The predicted octanol–water partition coefficient (Wildman–Crippen LogP) is 3.82. The van der Waals surface area contributed by atoms with Gasteiger partial charge in [0.2, 0.25) is 11.8 Å². The van der Waals surface area contributed by atoms with Crippen LogP contribution in [0.3, 0.4) is 0 Å². The lowest BCUT2D eigenvalue weighted by atomic mass is 9.80. The number of para-hydroxylation sites is 1. The Morgan fingerprint density at radius 2 is 2.06 bits per heavy atom. The quantitative estimate of drug-likeness (QED) is 0.699. The maximum absolute atomic E-state index is 14.9. The van der Waals surface area contributed by atoms with E-state index < -0.39 is 29.1 Å². The van der Waals surface area contributed by atoms with Crippen molar-refractivity contribution in [3.63, 3.8) is 0 Å². The van der Waals surface area contributed by atoms with E-state index in [1.54, 1.807) is 30.3 Å². The molecule has 0 aromatic heterocycles. The van der Waals surface area contributed by atoms with Crippen molar-refractivity contribution in [1.82, 2.24) is 9.80 Å².